The molecule has 1 N–H and O–H groups in total. The summed E-state index contributed by atoms with van der Waals surface area (Å²) in [5.74, 6) is 1.09. The molecule has 55 heavy (non-hydrogen) atoms. The second kappa shape index (κ2) is 13.6. The van der Waals surface area contributed by atoms with Crippen molar-refractivity contribution in [3.05, 3.63) is 12.2 Å². The molecule has 0 aromatic heterocycles. The smallest absolute Gasteiger partial charge is 0.309 e. The van der Waals surface area contributed by atoms with Gasteiger partial charge in [-0.1, -0.05) is 67.0 Å². The zero-order valence-electron chi connectivity index (χ0n) is 36.0. The highest BCUT2D eigenvalue weighted by atomic mass is 16.5. The van der Waals surface area contributed by atoms with Crippen molar-refractivity contribution in [2.75, 3.05) is 26.2 Å². The summed E-state index contributed by atoms with van der Waals surface area (Å²) in [5.41, 5.74) is 0.826. The maximum atomic E-state index is 15.3. The Morgan fingerprint density at radius 2 is 1.45 bits per heavy atom. The van der Waals surface area contributed by atoms with Gasteiger partial charge in [-0.2, -0.15) is 0 Å². The third kappa shape index (κ3) is 5.73. The number of hydrogen-bond donors (Lipinski definition) is 1. The number of carboxylic acid groups (broad SMARTS) is 1. The van der Waals surface area contributed by atoms with Gasteiger partial charge in [0.15, 0.2) is 0 Å². The predicted molar refractivity (Wildman–Crippen MR) is 217 cm³/mol. The van der Waals surface area contributed by atoms with E-state index in [1.54, 1.807) is 0 Å². The summed E-state index contributed by atoms with van der Waals surface area (Å²) in [6, 6.07) is 0.376. The number of carbonyl (C=O) groups is 3. The SMILES string of the molecule is C=C(C)[C@@H]1CC[C@]2(C(=O)N3CCC[C@H]3CN3CCCCC3)CC[C@]3(C)[C@H](CC[C@@H]4[C@@]5(C)CC[C@H](OC(=O)[C@H]6C[C@@H](C(=O)O)C6(C)C)C(C)(C)[C@@H]5CC[C@]43C)[C@@H]12. The number of fused-ring (bicyclic) bond motifs is 7. The quantitative estimate of drug-likeness (QED) is 0.206. The lowest BCUT2D eigenvalue weighted by molar-refractivity contribution is -0.251. The molecule has 0 unspecified atom stereocenters. The van der Waals surface area contributed by atoms with Crippen molar-refractivity contribution in [3.8, 4) is 0 Å². The van der Waals surface area contributed by atoms with Crippen LogP contribution in [0.3, 0.4) is 0 Å². The van der Waals surface area contributed by atoms with Crippen molar-refractivity contribution in [3.63, 3.8) is 0 Å². The molecule has 8 aliphatic rings. The molecule has 7 heteroatoms. The second-order valence-corrected chi connectivity index (χ2v) is 22.8. The molecular formula is C48H76N2O5. The van der Waals surface area contributed by atoms with E-state index in [0.29, 0.717) is 48.0 Å². The zero-order valence-corrected chi connectivity index (χ0v) is 36.0. The van der Waals surface area contributed by atoms with Crippen LogP contribution in [0.2, 0.25) is 0 Å². The standard InChI is InChI=1S/C48H76N2O5/c1-30(2)32-17-22-48(42(54)50-27-13-14-31(50)29-49-25-11-10-12-26-49)24-23-46(8)33(39(32)48)15-16-37-45(7)20-19-38(44(5,6)36(45)18-21-47(37,46)9)55-41(53)35-28-34(40(51)52)43(35,3)4/h31-39H,1,10-29H2,2-9H3,(H,51,52)/t31-,32-,33+,34-,35+,36-,37+,38-,39+,45-,46+,47+,48-/m0/s1. The molecule has 0 radical (unpaired) electrons. The summed E-state index contributed by atoms with van der Waals surface area (Å²) < 4.78 is 6.46. The minimum atomic E-state index is -0.807. The number of nitrogens with zero attached hydrogens (tertiary/aromatic N) is 2. The lowest BCUT2D eigenvalue weighted by atomic mass is 9.32. The molecule has 2 heterocycles. The normalized spacial score (nSPS) is 47.3. The molecule has 308 valence electrons. The van der Waals surface area contributed by atoms with Gasteiger partial charge in [0, 0.05) is 24.5 Å². The van der Waals surface area contributed by atoms with Gasteiger partial charge >= 0.3 is 11.9 Å². The Bertz CT molecular complexity index is 1560. The van der Waals surface area contributed by atoms with Crippen LogP contribution in [0, 0.1) is 73.9 Å². The monoisotopic (exact) mass is 761 g/mol. The highest BCUT2D eigenvalue weighted by Crippen LogP contribution is 2.78. The van der Waals surface area contributed by atoms with E-state index in [2.05, 4.69) is 57.9 Å². The number of ether oxygens (including phenoxy) is 1. The van der Waals surface area contributed by atoms with Crippen LogP contribution in [0.1, 0.15) is 158 Å². The molecule has 0 spiro atoms. The van der Waals surface area contributed by atoms with Crippen LogP contribution in [0.4, 0.5) is 0 Å². The summed E-state index contributed by atoms with van der Waals surface area (Å²) in [6.45, 7) is 27.8. The number of aliphatic carboxylic acids is 1. The predicted octanol–water partition coefficient (Wildman–Crippen LogP) is 9.78. The van der Waals surface area contributed by atoms with E-state index in [1.807, 2.05) is 13.8 Å². The molecule has 13 atom stereocenters. The minimum absolute atomic E-state index is 0.144. The van der Waals surface area contributed by atoms with Crippen molar-refractivity contribution in [2.24, 2.45) is 73.9 Å². The Balaban J connectivity index is 1.03. The summed E-state index contributed by atoms with van der Waals surface area (Å²) in [6.07, 6.45) is 17.6. The lowest BCUT2D eigenvalue weighted by Gasteiger charge is -2.73. The van der Waals surface area contributed by atoms with E-state index in [1.165, 1.54) is 57.2 Å². The number of carboxylic acids is 1. The topological polar surface area (TPSA) is 87.2 Å². The highest BCUT2D eigenvalue weighted by Gasteiger charge is 2.72. The van der Waals surface area contributed by atoms with E-state index in [0.717, 1.165) is 70.9 Å². The number of hydrogen-bond acceptors (Lipinski definition) is 5. The van der Waals surface area contributed by atoms with Crippen LogP contribution in [-0.4, -0.2) is 71.1 Å². The zero-order chi connectivity index (χ0) is 39.5. The first-order valence-electron chi connectivity index (χ1n) is 22.9. The van der Waals surface area contributed by atoms with E-state index in [-0.39, 0.29) is 45.1 Å². The number of carbonyl (C=O) groups excluding carboxylic acids is 2. The second-order valence-electron chi connectivity index (χ2n) is 22.8. The van der Waals surface area contributed by atoms with E-state index >= 15 is 4.79 Å². The Hall–Kier alpha value is -1.89. The van der Waals surface area contributed by atoms with E-state index < -0.39 is 17.3 Å². The van der Waals surface area contributed by atoms with Gasteiger partial charge in [0.2, 0.25) is 5.91 Å². The molecule has 0 aromatic rings. The number of amides is 1. The summed E-state index contributed by atoms with van der Waals surface area (Å²) in [4.78, 5) is 45.9. The molecule has 2 saturated heterocycles. The van der Waals surface area contributed by atoms with Crippen LogP contribution >= 0.6 is 0 Å². The van der Waals surface area contributed by atoms with Gasteiger partial charge < -0.3 is 19.6 Å². The molecule has 1 amide bonds. The third-order valence-corrected chi connectivity index (χ3v) is 20.1. The van der Waals surface area contributed by atoms with Gasteiger partial charge in [-0.15, -0.1) is 0 Å². The number of piperidine rings is 1. The average molecular weight is 761 g/mol. The van der Waals surface area contributed by atoms with Gasteiger partial charge in [-0.05, 0) is 168 Å². The fourth-order valence-corrected chi connectivity index (χ4v) is 16.7. The van der Waals surface area contributed by atoms with Gasteiger partial charge in [-0.3, -0.25) is 14.4 Å². The van der Waals surface area contributed by atoms with Gasteiger partial charge in [0.25, 0.3) is 0 Å². The molecular weight excluding hydrogens is 685 g/mol. The maximum absolute atomic E-state index is 15.3. The van der Waals surface area contributed by atoms with E-state index in [9.17, 15) is 14.7 Å². The molecule has 7 nitrogen and oxygen atoms in total. The van der Waals surface area contributed by atoms with Crippen LogP contribution in [-0.2, 0) is 19.1 Å². The average Bonchev–Trinajstić information content (AvgIpc) is 3.75. The highest BCUT2D eigenvalue weighted by molar-refractivity contribution is 5.85. The number of esters is 1. The fourth-order valence-electron chi connectivity index (χ4n) is 16.7. The van der Waals surface area contributed by atoms with Crippen molar-refractivity contribution >= 4 is 17.8 Å². The number of allylic oxidation sites excluding steroid dienone is 1. The Morgan fingerprint density at radius 1 is 0.727 bits per heavy atom. The van der Waals surface area contributed by atoms with Crippen molar-refractivity contribution < 1.29 is 24.2 Å². The van der Waals surface area contributed by atoms with Crippen LogP contribution < -0.4 is 0 Å². The summed E-state index contributed by atoms with van der Waals surface area (Å²) in [7, 11) is 0. The van der Waals surface area contributed by atoms with Crippen molar-refractivity contribution in [1.82, 2.24) is 9.80 Å². The van der Waals surface area contributed by atoms with Crippen molar-refractivity contribution in [1.29, 1.82) is 0 Å². The molecule has 6 saturated carbocycles. The lowest BCUT2D eigenvalue weighted by Crippen LogP contribution is -2.67. The largest absolute Gasteiger partial charge is 0.481 e. The first kappa shape index (κ1) is 39.9. The maximum Gasteiger partial charge on any atom is 0.309 e. The number of likely N-dealkylation sites (tertiary alicyclic amines) is 2. The first-order chi connectivity index (χ1) is 25.8. The Labute approximate surface area is 333 Å². The molecule has 0 aromatic carbocycles. The molecule has 0 bridgehead atoms. The Kier molecular flexibility index (Phi) is 9.86. The molecule has 8 rings (SSSR count). The third-order valence-electron chi connectivity index (χ3n) is 20.1. The molecule has 2 aliphatic heterocycles. The fraction of sp³-hybridized carbons (Fsp3) is 0.896. The molecule has 8 fully saturated rings. The summed E-state index contributed by atoms with van der Waals surface area (Å²) >= 11 is 0. The van der Waals surface area contributed by atoms with Gasteiger partial charge in [-0.25, -0.2) is 0 Å². The van der Waals surface area contributed by atoms with Gasteiger partial charge in [0.1, 0.15) is 6.10 Å². The van der Waals surface area contributed by atoms with Gasteiger partial charge in [0.05, 0.1) is 17.3 Å². The first-order valence-corrected chi connectivity index (χ1v) is 22.9. The van der Waals surface area contributed by atoms with Crippen LogP contribution in [0.25, 0.3) is 0 Å². The Morgan fingerprint density at radius 3 is 2.13 bits per heavy atom. The van der Waals surface area contributed by atoms with E-state index in [4.69, 9.17) is 4.74 Å². The molecule has 6 aliphatic carbocycles. The van der Waals surface area contributed by atoms with Crippen LogP contribution in [0.5, 0.6) is 0 Å². The summed E-state index contributed by atoms with van der Waals surface area (Å²) in [5, 5.41) is 9.69. The van der Waals surface area contributed by atoms with Crippen LogP contribution in [0.15, 0.2) is 12.2 Å². The minimum Gasteiger partial charge on any atom is -0.481 e. The number of rotatable bonds is 7. The van der Waals surface area contributed by atoms with Crippen molar-refractivity contribution in [2.45, 2.75) is 170 Å².